The van der Waals surface area contributed by atoms with Gasteiger partial charge >= 0.3 is 0 Å². The molecule has 0 amide bonds. The van der Waals surface area contributed by atoms with Gasteiger partial charge in [0.2, 0.25) is 0 Å². The maximum atomic E-state index is 4.64. The van der Waals surface area contributed by atoms with E-state index in [1.807, 2.05) is 30.2 Å². The summed E-state index contributed by atoms with van der Waals surface area (Å²) in [7, 11) is 2.04. The summed E-state index contributed by atoms with van der Waals surface area (Å²) in [5, 5.41) is 5.89. The Balaban J connectivity index is 1.89. The molecule has 1 atom stereocenters. The zero-order chi connectivity index (χ0) is 16.2. The Morgan fingerprint density at radius 3 is 2.57 bits per heavy atom. The average Bonchev–Trinajstić information content (AvgIpc) is 2.90. The minimum absolute atomic E-state index is 0.511. The highest BCUT2D eigenvalue weighted by Crippen LogP contribution is 2.21. The normalized spacial score (nSPS) is 12.9. The largest absolute Gasteiger partial charge is 0.291 e. The molecule has 23 heavy (non-hydrogen) atoms. The second-order valence-electron chi connectivity index (χ2n) is 6.11. The van der Waals surface area contributed by atoms with Crippen LogP contribution in [-0.2, 0) is 20.1 Å². The van der Waals surface area contributed by atoms with Gasteiger partial charge in [-0.15, -0.1) is 0 Å². The van der Waals surface area contributed by atoms with Gasteiger partial charge in [-0.05, 0) is 37.1 Å². The van der Waals surface area contributed by atoms with E-state index < -0.39 is 0 Å². The van der Waals surface area contributed by atoms with E-state index in [2.05, 4.69) is 59.2 Å². The number of nitrogens with zero attached hydrogens (tertiary/aromatic N) is 4. The van der Waals surface area contributed by atoms with Crippen LogP contribution in [0.15, 0.2) is 48.8 Å². The molecule has 0 aliphatic carbocycles. The highest BCUT2D eigenvalue weighted by molar-refractivity contribution is 5.81. The lowest BCUT2D eigenvalue weighted by Gasteiger charge is -2.28. The Kier molecular flexibility index (Phi) is 4.72. The van der Waals surface area contributed by atoms with E-state index in [-0.39, 0.29) is 0 Å². The predicted molar refractivity (Wildman–Crippen MR) is 94.0 cm³/mol. The first-order chi connectivity index (χ1) is 11.2. The SMILES string of the molecule is CCC(C)N(Cc1ccncc1)Cc1c2ccccc2nn1C. The quantitative estimate of drug-likeness (QED) is 0.695. The molecule has 2 heterocycles. The Morgan fingerprint density at radius 2 is 1.83 bits per heavy atom. The third-order valence-electron chi connectivity index (χ3n) is 4.57. The molecule has 0 N–H and O–H groups in total. The summed E-state index contributed by atoms with van der Waals surface area (Å²) in [4.78, 5) is 6.63. The number of aryl methyl sites for hydroxylation is 1. The Labute approximate surface area is 137 Å². The van der Waals surface area contributed by atoms with Crippen LogP contribution >= 0.6 is 0 Å². The zero-order valence-electron chi connectivity index (χ0n) is 14.1. The second kappa shape index (κ2) is 6.92. The number of fused-ring (bicyclic) bond motifs is 1. The molecule has 4 nitrogen and oxygen atoms in total. The number of hydrogen-bond donors (Lipinski definition) is 0. The summed E-state index contributed by atoms with van der Waals surface area (Å²) in [6, 6.07) is 13.1. The van der Waals surface area contributed by atoms with Gasteiger partial charge in [-0.25, -0.2) is 0 Å². The molecule has 3 aromatic rings. The zero-order valence-corrected chi connectivity index (χ0v) is 14.1. The lowest BCUT2D eigenvalue weighted by atomic mass is 10.1. The Morgan fingerprint density at radius 1 is 1.09 bits per heavy atom. The lowest BCUT2D eigenvalue weighted by molar-refractivity contribution is 0.182. The van der Waals surface area contributed by atoms with E-state index in [1.54, 1.807) is 0 Å². The number of pyridine rings is 1. The Bertz CT molecular complexity index is 763. The summed E-state index contributed by atoms with van der Waals surface area (Å²) in [5.74, 6) is 0. The van der Waals surface area contributed by atoms with Crippen LogP contribution in [0.5, 0.6) is 0 Å². The minimum Gasteiger partial charge on any atom is -0.291 e. The van der Waals surface area contributed by atoms with E-state index in [1.165, 1.54) is 16.6 Å². The minimum atomic E-state index is 0.511. The van der Waals surface area contributed by atoms with Crippen LogP contribution in [-0.4, -0.2) is 25.7 Å². The molecule has 0 aliphatic rings. The van der Waals surface area contributed by atoms with E-state index in [9.17, 15) is 0 Å². The molecule has 1 unspecified atom stereocenters. The van der Waals surface area contributed by atoms with Crippen molar-refractivity contribution >= 4 is 10.9 Å². The van der Waals surface area contributed by atoms with Gasteiger partial charge in [0.05, 0.1) is 11.2 Å². The predicted octanol–water partition coefficient (Wildman–Crippen LogP) is 3.77. The molecule has 2 aromatic heterocycles. The monoisotopic (exact) mass is 308 g/mol. The van der Waals surface area contributed by atoms with Crippen LogP contribution < -0.4 is 0 Å². The van der Waals surface area contributed by atoms with Crippen molar-refractivity contribution in [2.75, 3.05) is 0 Å². The van der Waals surface area contributed by atoms with Gasteiger partial charge in [0.15, 0.2) is 0 Å². The second-order valence-corrected chi connectivity index (χ2v) is 6.11. The van der Waals surface area contributed by atoms with Crippen LogP contribution in [0.25, 0.3) is 10.9 Å². The summed E-state index contributed by atoms with van der Waals surface area (Å²) < 4.78 is 2.02. The highest BCUT2D eigenvalue weighted by atomic mass is 15.3. The molecule has 120 valence electrons. The molecule has 0 spiro atoms. The molecule has 0 saturated heterocycles. The van der Waals surface area contributed by atoms with Crippen molar-refractivity contribution in [1.82, 2.24) is 19.7 Å². The standard InChI is InChI=1S/C19H24N4/c1-4-15(2)23(13-16-9-11-20-12-10-16)14-19-17-7-5-6-8-18(17)21-22(19)3/h5-12,15H,4,13-14H2,1-3H3. The van der Waals surface area contributed by atoms with Gasteiger partial charge in [0.25, 0.3) is 0 Å². The van der Waals surface area contributed by atoms with E-state index in [4.69, 9.17) is 0 Å². The van der Waals surface area contributed by atoms with Gasteiger partial charge in [-0.3, -0.25) is 14.6 Å². The molecule has 0 radical (unpaired) electrons. The fourth-order valence-corrected chi connectivity index (χ4v) is 2.93. The number of benzene rings is 1. The van der Waals surface area contributed by atoms with Crippen molar-refractivity contribution in [2.24, 2.45) is 7.05 Å². The highest BCUT2D eigenvalue weighted by Gasteiger charge is 2.17. The summed E-state index contributed by atoms with van der Waals surface area (Å²) in [5.41, 5.74) is 3.64. The van der Waals surface area contributed by atoms with E-state index in [0.29, 0.717) is 6.04 Å². The van der Waals surface area contributed by atoms with Crippen molar-refractivity contribution in [2.45, 2.75) is 39.4 Å². The molecular weight excluding hydrogens is 284 g/mol. The molecular formula is C19H24N4. The van der Waals surface area contributed by atoms with Crippen LogP contribution in [0.2, 0.25) is 0 Å². The van der Waals surface area contributed by atoms with Gasteiger partial charge in [0.1, 0.15) is 0 Å². The number of aromatic nitrogens is 3. The molecule has 0 aliphatic heterocycles. The van der Waals surface area contributed by atoms with Crippen LogP contribution in [0.4, 0.5) is 0 Å². The first-order valence-corrected chi connectivity index (χ1v) is 8.22. The van der Waals surface area contributed by atoms with Gasteiger partial charge in [0, 0.05) is 44.0 Å². The summed E-state index contributed by atoms with van der Waals surface area (Å²) >= 11 is 0. The van der Waals surface area contributed by atoms with Crippen molar-refractivity contribution in [3.8, 4) is 0 Å². The molecule has 1 aromatic carbocycles. The smallest absolute Gasteiger partial charge is 0.0926 e. The van der Waals surface area contributed by atoms with Crippen LogP contribution in [0.3, 0.4) is 0 Å². The number of rotatable bonds is 6. The fraction of sp³-hybridized carbons (Fsp3) is 0.368. The first-order valence-electron chi connectivity index (χ1n) is 8.22. The molecule has 0 bridgehead atoms. The van der Waals surface area contributed by atoms with Crippen LogP contribution in [0, 0.1) is 0 Å². The molecule has 0 fully saturated rings. The third-order valence-corrected chi connectivity index (χ3v) is 4.57. The van der Waals surface area contributed by atoms with Gasteiger partial charge in [-0.1, -0.05) is 25.1 Å². The molecule has 0 saturated carbocycles. The van der Waals surface area contributed by atoms with E-state index >= 15 is 0 Å². The maximum absolute atomic E-state index is 4.64. The average molecular weight is 308 g/mol. The molecule has 4 heteroatoms. The van der Waals surface area contributed by atoms with Gasteiger partial charge in [-0.2, -0.15) is 5.10 Å². The van der Waals surface area contributed by atoms with Crippen molar-refractivity contribution < 1.29 is 0 Å². The lowest BCUT2D eigenvalue weighted by Crippen LogP contribution is -2.32. The van der Waals surface area contributed by atoms with Crippen molar-refractivity contribution in [3.63, 3.8) is 0 Å². The fourth-order valence-electron chi connectivity index (χ4n) is 2.93. The molecule has 3 rings (SSSR count). The summed E-state index contributed by atoms with van der Waals surface area (Å²) in [6.45, 7) is 6.36. The summed E-state index contributed by atoms with van der Waals surface area (Å²) in [6.07, 6.45) is 4.86. The van der Waals surface area contributed by atoms with E-state index in [0.717, 1.165) is 25.0 Å². The topological polar surface area (TPSA) is 34.0 Å². The van der Waals surface area contributed by atoms with Gasteiger partial charge < -0.3 is 0 Å². The first kappa shape index (κ1) is 15.7. The van der Waals surface area contributed by atoms with Crippen molar-refractivity contribution in [1.29, 1.82) is 0 Å². The Hall–Kier alpha value is -2.20. The van der Waals surface area contributed by atoms with Crippen LogP contribution in [0.1, 0.15) is 31.5 Å². The number of hydrogen-bond acceptors (Lipinski definition) is 3. The maximum Gasteiger partial charge on any atom is 0.0926 e. The van der Waals surface area contributed by atoms with Crippen molar-refractivity contribution in [3.05, 3.63) is 60.0 Å². The third kappa shape index (κ3) is 3.42.